The minimum absolute atomic E-state index is 0.00955. The second kappa shape index (κ2) is 8.30. The molecule has 0 aliphatic carbocycles. The Morgan fingerprint density at radius 1 is 1.31 bits per heavy atom. The van der Waals surface area contributed by atoms with Gasteiger partial charge in [-0.25, -0.2) is 9.97 Å². The van der Waals surface area contributed by atoms with Crippen LogP contribution < -0.4 is 9.47 Å². The van der Waals surface area contributed by atoms with Crippen molar-refractivity contribution in [2.45, 2.75) is 25.9 Å². The number of ether oxygens (including phenoxy) is 2. The number of carbonyl (C=O) groups is 1. The summed E-state index contributed by atoms with van der Waals surface area (Å²) in [7, 11) is 0. The Morgan fingerprint density at radius 3 is 2.85 bits per heavy atom. The van der Waals surface area contributed by atoms with Crippen molar-refractivity contribution < 1.29 is 14.3 Å². The highest BCUT2D eigenvalue weighted by atomic mass is 16.5. The van der Waals surface area contributed by atoms with Gasteiger partial charge in [-0.05, 0) is 31.9 Å². The van der Waals surface area contributed by atoms with E-state index in [4.69, 9.17) is 14.7 Å². The summed E-state index contributed by atoms with van der Waals surface area (Å²) in [6, 6.07) is 9.55. The van der Waals surface area contributed by atoms with Crippen molar-refractivity contribution in [3.8, 4) is 17.7 Å². The molecule has 1 aromatic heterocycles. The van der Waals surface area contributed by atoms with Gasteiger partial charge in [0.1, 0.15) is 17.9 Å². The minimum atomic E-state index is -0.212. The molecule has 7 heteroatoms. The lowest BCUT2D eigenvalue weighted by Gasteiger charge is -2.32. The quantitative estimate of drug-likeness (QED) is 0.819. The first-order valence-corrected chi connectivity index (χ1v) is 8.50. The van der Waals surface area contributed by atoms with Crippen LogP contribution in [-0.4, -0.2) is 46.6 Å². The number of aromatic nitrogens is 2. The van der Waals surface area contributed by atoms with Crippen LogP contribution in [0.15, 0.2) is 36.7 Å². The van der Waals surface area contributed by atoms with E-state index in [9.17, 15) is 4.79 Å². The first-order valence-electron chi connectivity index (χ1n) is 8.50. The van der Waals surface area contributed by atoms with Gasteiger partial charge in [0.2, 0.25) is 5.69 Å². The first-order chi connectivity index (χ1) is 12.7. The molecule has 1 atom stereocenters. The Balaban J connectivity index is 1.55. The van der Waals surface area contributed by atoms with Crippen LogP contribution in [0.3, 0.4) is 0 Å². The van der Waals surface area contributed by atoms with Gasteiger partial charge >= 0.3 is 0 Å². The zero-order valence-corrected chi connectivity index (χ0v) is 14.6. The number of aryl methyl sites for hydroxylation is 1. The number of benzene rings is 1. The summed E-state index contributed by atoms with van der Waals surface area (Å²) in [5.41, 5.74) is 1.29. The molecule has 0 saturated carbocycles. The van der Waals surface area contributed by atoms with Crippen LogP contribution in [0.2, 0.25) is 0 Å². The van der Waals surface area contributed by atoms with E-state index >= 15 is 0 Å². The summed E-state index contributed by atoms with van der Waals surface area (Å²) >= 11 is 0. The molecule has 1 amide bonds. The molecule has 0 radical (unpaired) electrons. The molecule has 134 valence electrons. The molecule has 3 rings (SSSR count). The van der Waals surface area contributed by atoms with Crippen LogP contribution in [0.1, 0.15) is 24.1 Å². The maximum absolute atomic E-state index is 12.4. The van der Waals surface area contributed by atoms with Gasteiger partial charge in [-0.15, -0.1) is 0 Å². The SMILES string of the molecule is Cc1ccc(OCC(=O)N2CCC[C@H](Oc3nccnc3C#N)C2)cc1. The third kappa shape index (κ3) is 4.48. The zero-order chi connectivity index (χ0) is 18.4. The lowest BCUT2D eigenvalue weighted by atomic mass is 10.1. The van der Waals surface area contributed by atoms with E-state index in [1.54, 1.807) is 4.90 Å². The molecule has 0 spiro atoms. The Hall–Kier alpha value is -3.14. The molecule has 1 aromatic carbocycles. The lowest BCUT2D eigenvalue weighted by molar-refractivity contribution is -0.136. The molecule has 2 aromatic rings. The van der Waals surface area contributed by atoms with Gasteiger partial charge in [0, 0.05) is 18.9 Å². The topological polar surface area (TPSA) is 88.3 Å². The summed E-state index contributed by atoms with van der Waals surface area (Å²) in [6.45, 7) is 3.10. The average molecular weight is 352 g/mol. The van der Waals surface area contributed by atoms with E-state index in [-0.39, 0.29) is 30.2 Å². The normalized spacial score (nSPS) is 16.6. The van der Waals surface area contributed by atoms with Gasteiger partial charge in [-0.1, -0.05) is 17.7 Å². The molecule has 0 N–H and O–H groups in total. The molecule has 7 nitrogen and oxygen atoms in total. The van der Waals surface area contributed by atoms with Crippen molar-refractivity contribution in [2.24, 2.45) is 0 Å². The zero-order valence-electron chi connectivity index (χ0n) is 14.6. The molecule has 2 heterocycles. The van der Waals surface area contributed by atoms with E-state index in [0.29, 0.717) is 18.8 Å². The van der Waals surface area contributed by atoms with Gasteiger partial charge in [0.05, 0.1) is 6.54 Å². The van der Waals surface area contributed by atoms with Crippen molar-refractivity contribution in [3.63, 3.8) is 0 Å². The smallest absolute Gasteiger partial charge is 0.260 e. The maximum Gasteiger partial charge on any atom is 0.260 e. The highest BCUT2D eigenvalue weighted by molar-refractivity contribution is 5.77. The molecule has 1 aliphatic rings. The minimum Gasteiger partial charge on any atom is -0.484 e. The number of amides is 1. The highest BCUT2D eigenvalue weighted by Gasteiger charge is 2.26. The number of carbonyl (C=O) groups excluding carboxylic acids is 1. The van der Waals surface area contributed by atoms with Crippen LogP contribution in [0, 0.1) is 18.3 Å². The van der Waals surface area contributed by atoms with Gasteiger partial charge in [0.15, 0.2) is 6.61 Å². The molecule has 1 fully saturated rings. The molecule has 0 bridgehead atoms. The van der Waals surface area contributed by atoms with E-state index in [2.05, 4.69) is 9.97 Å². The Morgan fingerprint density at radius 2 is 2.08 bits per heavy atom. The van der Waals surface area contributed by atoms with Crippen LogP contribution >= 0.6 is 0 Å². The predicted molar refractivity (Wildman–Crippen MR) is 93.7 cm³/mol. The summed E-state index contributed by atoms with van der Waals surface area (Å²) in [5, 5.41) is 9.07. The Bertz CT molecular complexity index is 801. The number of likely N-dealkylation sites (tertiary alicyclic amines) is 1. The van der Waals surface area contributed by atoms with Crippen molar-refractivity contribution in [3.05, 3.63) is 47.9 Å². The van der Waals surface area contributed by atoms with E-state index in [1.165, 1.54) is 12.4 Å². The number of rotatable bonds is 5. The van der Waals surface area contributed by atoms with Crippen LogP contribution in [0.5, 0.6) is 11.6 Å². The van der Waals surface area contributed by atoms with E-state index in [1.807, 2.05) is 37.3 Å². The fraction of sp³-hybridized carbons (Fsp3) is 0.368. The van der Waals surface area contributed by atoms with Gasteiger partial charge in [-0.2, -0.15) is 5.26 Å². The fourth-order valence-corrected chi connectivity index (χ4v) is 2.78. The standard InChI is InChI=1S/C19H20N4O3/c1-14-4-6-15(7-5-14)25-13-18(24)23-10-2-3-16(12-23)26-19-17(11-20)21-8-9-22-19/h4-9,16H,2-3,10,12-13H2,1H3/t16-/m0/s1. The molecule has 1 aliphatic heterocycles. The predicted octanol–water partition coefficient (Wildman–Crippen LogP) is 2.11. The van der Waals surface area contributed by atoms with Crippen molar-refractivity contribution in [2.75, 3.05) is 19.7 Å². The number of hydrogen-bond acceptors (Lipinski definition) is 6. The molecule has 0 unspecified atom stereocenters. The third-order valence-electron chi connectivity index (χ3n) is 4.16. The van der Waals surface area contributed by atoms with E-state index < -0.39 is 0 Å². The summed E-state index contributed by atoms with van der Waals surface area (Å²) in [6.07, 6.45) is 4.34. The second-order valence-corrected chi connectivity index (χ2v) is 6.15. The maximum atomic E-state index is 12.4. The average Bonchev–Trinajstić information content (AvgIpc) is 2.68. The monoisotopic (exact) mass is 352 g/mol. The number of piperidine rings is 1. The summed E-state index contributed by atoms with van der Waals surface area (Å²) in [4.78, 5) is 22.1. The van der Waals surface area contributed by atoms with Crippen molar-refractivity contribution in [1.82, 2.24) is 14.9 Å². The first kappa shape index (κ1) is 17.7. The van der Waals surface area contributed by atoms with E-state index in [0.717, 1.165) is 18.4 Å². The molecule has 26 heavy (non-hydrogen) atoms. The fourth-order valence-electron chi connectivity index (χ4n) is 2.78. The van der Waals surface area contributed by atoms with Crippen LogP contribution in [0.25, 0.3) is 0 Å². The van der Waals surface area contributed by atoms with Crippen molar-refractivity contribution in [1.29, 1.82) is 5.26 Å². The second-order valence-electron chi connectivity index (χ2n) is 6.15. The van der Waals surface area contributed by atoms with Gasteiger partial charge in [0.25, 0.3) is 11.8 Å². The summed E-state index contributed by atoms with van der Waals surface area (Å²) in [5.74, 6) is 0.802. The molecular formula is C19H20N4O3. The van der Waals surface area contributed by atoms with Crippen molar-refractivity contribution >= 4 is 5.91 Å². The Labute approximate surface area is 152 Å². The largest absolute Gasteiger partial charge is 0.484 e. The van der Waals surface area contributed by atoms with Gasteiger partial charge < -0.3 is 14.4 Å². The Kier molecular flexibility index (Phi) is 5.64. The van der Waals surface area contributed by atoms with Crippen LogP contribution in [-0.2, 0) is 4.79 Å². The number of nitriles is 1. The lowest BCUT2D eigenvalue weighted by Crippen LogP contribution is -2.46. The highest BCUT2D eigenvalue weighted by Crippen LogP contribution is 2.19. The number of nitrogens with zero attached hydrogens (tertiary/aromatic N) is 4. The summed E-state index contributed by atoms with van der Waals surface area (Å²) < 4.78 is 11.4. The van der Waals surface area contributed by atoms with Crippen LogP contribution in [0.4, 0.5) is 0 Å². The third-order valence-corrected chi connectivity index (χ3v) is 4.16. The molecule has 1 saturated heterocycles. The van der Waals surface area contributed by atoms with Gasteiger partial charge in [-0.3, -0.25) is 4.79 Å². The number of hydrogen-bond donors (Lipinski definition) is 0. The molecular weight excluding hydrogens is 332 g/mol.